The fraction of sp³-hybridized carbons (Fsp3) is 0.400. The molecule has 0 spiro atoms. The van der Waals surface area contributed by atoms with Crippen LogP contribution in [0.1, 0.15) is 17.0 Å². The molecule has 0 amide bonds. The van der Waals surface area contributed by atoms with Crippen LogP contribution in [0.2, 0.25) is 0 Å². The second-order valence-electron chi connectivity index (χ2n) is 4.67. The van der Waals surface area contributed by atoms with Gasteiger partial charge in [0.2, 0.25) is 0 Å². The summed E-state index contributed by atoms with van der Waals surface area (Å²) in [4.78, 5) is 0. The summed E-state index contributed by atoms with van der Waals surface area (Å²) in [6.45, 7) is 6.55. The molecule has 19 heavy (non-hydrogen) atoms. The largest absolute Gasteiger partial charge is 0.383 e. The van der Waals surface area contributed by atoms with E-state index in [9.17, 15) is 0 Å². The van der Waals surface area contributed by atoms with Gasteiger partial charge in [-0.05, 0) is 37.6 Å². The zero-order valence-electron chi connectivity index (χ0n) is 11.8. The summed E-state index contributed by atoms with van der Waals surface area (Å²) in [6, 6.07) is 10.6. The smallest absolute Gasteiger partial charge is 0.0648 e. The number of methoxy groups -OCH3 is 1. The van der Waals surface area contributed by atoms with Crippen molar-refractivity contribution in [2.24, 2.45) is 0 Å². The molecule has 0 saturated heterocycles. The number of benzene rings is 1. The van der Waals surface area contributed by atoms with Gasteiger partial charge in [0.25, 0.3) is 0 Å². The van der Waals surface area contributed by atoms with Gasteiger partial charge in [0.1, 0.15) is 0 Å². The monoisotopic (exact) mass is 259 g/mol. The molecule has 0 saturated carbocycles. The van der Waals surface area contributed by atoms with Crippen LogP contribution in [0.4, 0.5) is 0 Å². The number of hydrogen-bond donors (Lipinski definition) is 1. The molecular formula is C15H21N3O. The first kappa shape index (κ1) is 13.8. The molecule has 0 bridgehead atoms. The molecule has 4 heteroatoms. The highest BCUT2D eigenvalue weighted by Crippen LogP contribution is 2.12. The molecular weight excluding hydrogens is 238 g/mol. The van der Waals surface area contributed by atoms with Gasteiger partial charge >= 0.3 is 0 Å². The van der Waals surface area contributed by atoms with E-state index in [1.807, 2.05) is 11.6 Å². The Labute approximate surface area is 114 Å². The standard InChI is InChI=1S/C15H21N3O/c1-12-10-13(2)18(17-12)15-6-4-14(5-7-15)11-16-8-9-19-3/h4-7,10,16H,8-9,11H2,1-3H3. The third kappa shape index (κ3) is 3.66. The van der Waals surface area contributed by atoms with Gasteiger partial charge in [-0.2, -0.15) is 5.10 Å². The minimum atomic E-state index is 0.740. The van der Waals surface area contributed by atoms with E-state index in [1.165, 1.54) is 5.56 Å². The predicted octanol–water partition coefficient (Wildman–Crippen LogP) is 2.23. The van der Waals surface area contributed by atoms with Crippen molar-refractivity contribution in [2.75, 3.05) is 20.3 Å². The zero-order valence-corrected chi connectivity index (χ0v) is 11.8. The first-order valence-electron chi connectivity index (χ1n) is 6.53. The average Bonchev–Trinajstić information content (AvgIpc) is 2.75. The maximum Gasteiger partial charge on any atom is 0.0648 e. The van der Waals surface area contributed by atoms with E-state index < -0.39 is 0 Å². The number of rotatable bonds is 6. The molecule has 102 valence electrons. The first-order chi connectivity index (χ1) is 9.20. The fourth-order valence-corrected chi connectivity index (χ4v) is 2.05. The van der Waals surface area contributed by atoms with Gasteiger partial charge in [-0.15, -0.1) is 0 Å². The SMILES string of the molecule is COCCNCc1ccc(-n2nc(C)cc2C)cc1. The highest BCUT2D eigenvalue weighted by atomic mass is 16.5. The van der Waals surface area contributed by atoms with Crippen LogP contribution in [-0.2, 0) is 11.3 Å². The maximum atomic E-state index is 5.00. The Morgan fingerprint density at radius 2 is 1.95 bits per heavy atom. The highest BCUT2D eigenvalue weighted by molar-refractivity contribution is 5.35. The summed E-state index contributed by atoms with van der Waals surface area (Å²) in [6.07, 6.45) is 0. The van der Waals surface area contributed by atoms with Gasteiger partial charge in [-0.1, -0.05) is 12.1 Å². The van der Waals surface area contributed by atoms with Crippen LogP contribution in [0.15, 0.2) is 30.3 Å². The number of nitrogens with zero attached hydrogens (tertiary/aromatic N) is 2. The van der Waals surface area contributed by atoms with E-state index in [0.717, 1.165) is 36.8 Å². The van der Waals surface area contributed by atoms with Crippen molar-refractivity contribution in [3.05, 3.63) is 47.3 Å². The number of aromatic nitrogens is 2. The lowest BCUT2D eigenvalue weighted by atomic mass is 10.2. The molecule has 1 aromatic heterocycles. The summed E-state index contributed by atoms with van der Waals surface area (Å²) in [5, 5.41) is 7.81. The lowest BCUT2D eigenvalue weighted by Gasteiger charge is -2.07. The second-order valence-corrected chi connectivity index (χ2v) is 4.67. The molecule has 0 aliphatic heterocycles. The van der Waals surface area contributed by atoms with Crippen LogP contribution in [-0.4, -0.2) is 30.0 Å². The van der Waals surface area contributed by atoms with E-state index in [4.69, 9.17) is 4.74 Å². The van der Waals surface area contributed by atoms with Crippen LogP contribution >= 0.6 is 0 Å². The number of ether oxygens (including phenoxy) is 1. The third-order valence-electron chi connectivity index (χ3n) is 3.00. The molecule has 0 unspecified atom stereocenters. The van der Waals surface area contributed by atoms with Crippen molar-refractivity contribution in [3.63, 3.8) is 0 Å². The van der Waals surface area contributed by atoms with E-state index in [1.54, 1.807) is 7.11 Å². The Kier molecular flexibility index (Phi) is 4.71. The molecule has 2 rings (SSSR count). The van der Waals surface area contributed by atoms with Crippen LogP contribution in [0, 0.1) is 13.8 Å². The normalized spacial score (nSPS) is 10.9. The van der Waals surface area contributed by atoms with E-state index in [0.29, 0.717) is 0 Å². The quantitative estimate of drug-likeness (QED) is 0.809. The van der Waals surface area contributed by atoms with Crippen molar-refractivity contribution in [1.29, 1.82) is 0 Å². The zero-order chi connectivity index (χ0) is 13.7. The topological polar surface area (TPSA) is 39.1 Å². The summed E-state index contributed by atoms with van der Waals surface area (Å²) < 4.78 is 6.97. The minimum absolute atomic E-state index is 0.740. The molecule has 0 aliphatic carbocycles. The molecule has 1 heterocycles. The lowest BCUT2D eigenvalue weighted by molar-refractivity contribution is 0.199. The van der Waals surface area contributed by atoms with E-state index in [-0.39, 0.29) is 0 Å². The van der Waals surface area contributed by atoms with Crippen LogP contribution in [0.5, 0.6) is 0 Å². The Bertz CT molecular complexity index is 517. The van der Waals surface area contributed by atoms with Crippen molar-refractivity contribution in [2.45, 2.75) is 20.4 Å². The van der Waals surface area contributed by atoms with Crippen molar-refractivity contribution < 1.29 is 4.74 Å². The molecule has 0 radical (unpaired) electrons. The molecule has 4 nitrogen and oxygen atoms in total. The highest BCUT2D eigenvalue weighted by Gasteiger charge is 2.03. The molecule has 1 aromatic carbocycles. The summed E-state index contributed by atoms with van der Waals surface area (Å²) >= 11 is 0. The Balaban J connectivity index is 2.00. The van der Waals surface area contributed by atoms with Gasteiger partial charge in [0.05, 0.1) is 18.0 Å². The molecule has 0 atom stereocenters. The molecule has 0 fully saturated rings. The minimum Gasteiger partial charge on any atom is -0.383 e. The van der Waals surface area contributed by atoms with Gasteiger partial charge in [0.15, 0.2) is 0 Å². The van der Waals surface area contributed by atoms with Gasteiger partial charge in [-0.3, -0.25) is 0 Å². The van der Waals surface area contributed by atoms with Crippen molar-refractivity contribution >= 4 is 0 Å². The first-order valence-corrected chi connectivity index (χ1v) is 6.53. The second kappa shape index (κ2) is 6.50. The fourth-order valence-electron chi connectivity index (χ4n) is 2.05. The maximum absolute atomic E-state index is 5.00. The van der Waals surface area contributed by atoms with E-state index in [2.05, 4.69) is 47.7 Å². The van der Waals surface area contributed by atoms with Crippen LogP contribution in [0.25, 0.3) is 5.69 Å². The Morgan fingerprint density at radius 3 is 2.53 bits per heavy atom. The number of nitrogens with one attached hydrogen (secondary N) is 1. The van der Waals surface area contributed by atoms with Gasteiger partial charge < -0.3 is 10.1 Å². The summed E-state index contributed by atoms with van der Waals surface area (Å²) in [5.41, 5.74) is 4.57. The van der Waals surface area contributed by atoms with Crippen molar-refractivity contribution in [1.82, 2.24) is 15.1 Å². The van der Waals surface area contributed by atoms with Crippen LogP contribution < -0.4 is 5.32 Å². The predicted molar refractivity (Wildman–Crippen MR) is 76.6 cm³/mol. The van der Waals surface area contributed by atoms with Gasteiger partial charge in [-0.25, -0.2) is 4.68 Å². The summed E-state index contributed by atoms with van der Waals surface area (Å²) in [7, 11) is 1.71. The molecule has 1 N–H and O–H groups in total. The summed E-state index contributed by atoms with van der Waals surface area (Å²) in [5.74, 6) is 0. The van der Waals surface area contributed by atoms with Gasteiger partial charge in [0, 0.05) is 25.9 Å². The van der Waals surface area contributed by atoms with E-state index >= 15 is 0 Å². The number of aryl methyl sites for hydroxylation is 2. The lowest BCUT2D eigenvalue weighted by Crippen LogP contribution is -2.18. The molecule has 0 aliphatic rings. The number of hydrogen-bond acceptors (Lipinski definition) is 3. The third-order valence-corrected chi connectivity index (χ3v) is 3.00. The average molecular weight is 259 g/mol. The Morgan fingerprint density at radius 1 is 1.21 bits per heavy atom. The Hall–Kier alpha value is -1.65. The molecule has 2 aromatic rings. The van der Waals surface area contributed by atoms with Crippen LogP contribution in [0.3, 0.4) is 0 Å². The van der Waals surface area contributed by atoms with Crippen molar-refractivity contribution in [3.8, 4) is 5.69 Å².